The summed E-state index contributed by atoms with van der Waals surface area (Å²) in [6, 6.07) is 12.2. The van der Waals surface area contributed by atoms with Crippen molar-refractivity contribution < 1.29 is 8.94 Å². The first-order chi connectivity index (χ1) is 14.9. The van der Waals surface area contributed by atoms with Gasteiger partial charge in [0.15, 0.2) is 0 Å². The van der Waals surface area contributed by atoms with Crippen molar-refractivity contribution in [2.24, 2.45) is 7.05 Å². The molecule has 31 heavy (non-hydrogen) atoms. The van der Waals surface area contributed by atoms with Gasteiger partial charge < -0.3 is 13.7 Å². The predicted octanol–water partition coefficient (Wildman–Crippen LogP) is 3.99. The Labute approximate surface area is 182 Å². The van der Waals surface area contributed by atoms with Gasteiger partial charge in [0.25, 0.3) is 5.56 Å². The molecule has 2 aromatic carbocycles. The van der Waals surface area contributed by atoms with E-state index in [9.17, 15) is 13.7 Å². The second-order valence-corrected chi connectivity index (χ2v) is 8.93. The van der Waals surface area contributed by atoms with E-state index in [4.69, 9.17) is 0 Å². The van der Waals surface area contributed by atoms with Gasteiger partial charge in [-0.3, -0.25) is 4.79 Å². The van der Waals surface area contributed by atoms with Crippen molar-refractivity contribution in [1.29, 1.82) is 0 Å². The van der Waals surface area contributed by atoms with Gasteiger partial charge in [0.05, 0.1) is 23.2 Å². The highest BCUT2D eigenvalue weighted by atomic mass is 32.2. The van der Waals surface area contributed by atoms with Crippen LogP contribution in [0.15, 0.2) is 59.8 Å². The van der Waals surface area contributed by atoms with Crippen LogP contribution in [-0.2, 0) is 25.0 Å². The molecule has 0 radical (unpaired) electrons. The normalized spacial score (nSPS) is 12.3. The number of nitrogens with zero attached hydrogens (tertiary/aromatic N) is 3. The molecule has 8 heteroatoms. The van der Waals surface area contributed by atoms with Crippen LogP contribution in [0.1, 0.15) is 18.1 Å². The number of aromatic nitrogens is 3. The molecule has 0 saturated heterocycles. The summed E-state index contributed by atoms with van der Waals surface area (Å²) in [5.41, 5.74) is 5.29. The Morgan fingerprint density at radius 1 is 1.19 bits per heavy atom. The highest BCUT2D eigenvalue weighted by molar-refractivity contribution is 7.92. The van der Waals surface area contributed by atoms with Crippen molar-refractivity contribution in [1.82, 2.24) is 14.1 Å². The molecular formula is C23H23FN4O2S. The Morgan fingerprint density at radius 3 is 2.71 bits per heavy atom. The lowest BCUT2D eigenvalue weighted by molar-refractivity contribution is 0.601. The highest BCUT2D eigenvalue weighted by Gasteiger charge is 2.16. The van der Waals surface area contributed by atoms with Gasteiger partial charge in [0, 0.05) is 25.4 Å². The number of imidazole rings is 1. The molecule has 2 aromatic heterocycles. The number of nitrogens with one attached hydrogen (secondary N) is 1. The molecule has 1 atom stereocenters. The highest BCUT2D eigenvalue weighted by Crippen LogP contribution is 2.31. The lowest BCUT2D eigenvalue weighted by Crippen LogP contribution is -2.18. The summed E-state index contributed by atoms with van der Waals surface area (Å²) in [7, 11) is 1.72. The van der Waals surface area contributed by atoms with Crippen molar-refractivity contribution in [2.45, 2.75) is 20.4 Å². The van der Waals surface area contributed by atoms with Gasteiger partial charge in [-0.2, -0.15) is 0 Å². The van der Waals surface area contributed by atoms with Gasteiger partial charge in [-0.05, 0) is 60.9 Å². The largest absolute Gasteiger partial charge is 0.593 e. The van der Waals surface area contributed by atoms with Crippen LogP contribution in [0.2, 0.25) is 0 Å². The van der Waals surface area contributed by atoms with Crippen molar-refractivity contribution in [3.63, 3.8) is 0 Å². The first kappa shape index (κ1) is 21.1. The maximum atomic E-state index is 13.7. The molecule has 0 saturated carbocycles. The van der Waals surface area contributed by atoms with Crippen molar-refractivity contribution in [3.05, 3.63) is 82.3 Å². The quantitative estimate of drug-likeness (QED) is 0.462. The maximum absolute atomic E-state index is 13.7. The molecule has 1 N–H and O–H groups in total. The van der Waals surface area contributed by atoms with Gasteiger partial charge in [-0.15, -0.1) is 0 Å². The molecule has 160 valence electrons. The number of rotatable bonds is 6. The standard InChI is InChI=1S/C23H23FN4O2S/c1-4-31(30)26-20-10-17(18-8-15(2)23(29)27(3)13-18)11-21-22(20)25-14-28(21)12-16-6-5-7-19(24)9-16/h5-11,13-14,26H,4,12H2,1-3H3. The second kappa shape index (κ2) is 8.56. The van der Waals surface area contributed by atoms with Crippen molar-refractivity contribution in [3.8, 4) is 11.1 Å². The lowest BCUT2D eigenvalue weighted by Gasteiger charge is -2.14. The zero-order valence-corrected chi connectivity index (χ0v) is 18.4. The van der Waals surface area contributed by atoms with E-state index in [1.165, 1.54) is 12.1 Å². The van der Waals surface area contributed by atoms with E-state index in [0.717, 1.165) is 22.2 Å². The van der Waals surface area contributed by atoms with Crippen LogP contribution in [0.25, 0.3) is 22.2 Å². The fraction of sp³-hybridized carbons (Fsp3) is 0.217. The summed E-state index contributed by atoms with van der Waals surface area (Å²) < 4.78 is 32.4. The minimum Gasteiger partial charge on any atom is -0.593 e. The van der Waals surface area contributed by atoms with Gasteiger partial charge in [0.2, 0.25) is 0 Å². The lowest BCUT2D eigenvalue weighted by atomic mass is 10.0. The predicted molar refractivity (Wildman–Crippen MR) is 123 cm³/mol. The molecule has 4 aromatic rings. The molecule has 0 bridgehead atoms. The average molecular weight is 439 g/mol. The zero-order chi connectivity index (χ0) is 22.1. The van der Waals surface area contributed by atoms with Crippen LogP contribution in [0.4, 0.5) is 10.1 Å². The van der Waals surface area contributed by atoms with Crippen LogP contribution in [0, 0.1) is 12.7 Å². The van der Waals surface area contributed by atoms with E-state index in [2.05, 4.69) is 9.71 Å². The van der Waals surface area contributed by atoms with E-state index < -0.39 is 11.4 Å². The second-order valence-electron chi connectivity index (χ2n) is 7.46. The van der Waals surface area contributed by atoms with Crippen molar-refractivity contribution in [2.75, 3.05) is 10.5 Å². The summed E-state index contributed by atoms with van der Waals surface area (Å²) in [6.07, 6.45) is 3.48. The van der Waals surface area contributed by atoms with Crippen LogP contribution >= 0.6 is 0 Å². The number of hydrogen-bond donors (Lipinski definition) is 1. The molecule has 0 aliphatic rings. The molecule has 2 heterocycles. The summed E-state index contributed by atoms with van der Waals surface area (Å²) >= 11 is -1.25. The Bertz CT molecular complexity index is 1290. The molecule has 0 spiro atoms. The molecule has 6 nitrogen and oxygen atoms in total. The smallest absolute Gasteiger partial charge is 0.253 e. The molecule has 0 fully saturated rings. The van der Waals surface area contributed by atoms with E-state index in [1.807, 2.05) is 35.8 Å². The number of fused-ring (bicyclic) bond motifs is 1. The van der Waals surface area contributed by atoms with Crippen molar-refractivity contribution >= 4 is 28.1 Å². The topological polar surface area (TPSA) is 74.9 Å². The fourth-order valence-electron chi connectivity index (χ4n) is 3.60. The summed E-state index contributed by atoms with van der Waals surface area (Å²) in [5.74, 6) is 0.165. The fourth-order valence-corrected chi connectivity index (χ4v) is 4.14. The SMILES string of the molecule is CC[S+]([O-])Nc1cc(-c2cc(C)c(=O)n(C)c2)cc2c1ncn2Cc1cccc(F)c1. The number of benzene rings is 2. The number of pyridine rings is 1. The Hall–Kier alpha value is -3.10. The number of anilines is 1. The van der Waals surface area contributed by atoms with Gasteiger partial charge >= 0.3 is 0 Å². The maximum Gasteiger partial charge on any atom is 0.253 e. The summed E-state index contributed by atoms with van der Waals surface area (Å²) in [4.78, 5) is 16.7. The monoisotopic (exact) mass is 438 g/mol. The number of halogens is 1. The van der Waals surface area contributed by atoms with Gasteiger partial charge in [0.1, 0.15) is 22.8 Å². The Kier molecular flexibility index (Phi) is 5.84. The molecule has 0 aliphatic carbocycles. The average Bonchev–Trinajstić information content (AvgIpc) is 3.14. The first-order valence-corrected chi connectivity index (χ1v) is 11.2. The van der Waals surface area contributed by atoms with Crippen LogP contribution < -0.4 is 10.3 Å². The van der Waals surface area contributed by atoms with Crippen LogP contribution in [0.5, 0.6) is 0 Å². The van der Waals surface area contributed by atoms with Crippen LogP contribution in [0.3, 0.4) is 0 Å². The number of aryl methyl sites for hydroxylation is 2. The van der Waals surface area contributed by atoms with E-state index in [0.29, 0.717) is 29.1 Å². The molecule has 0 amide bonds. The minimum atomic E-state index is -1.25. The summed E-state index contributed by atoms with van der Waals surface area (Å²) in [6.45, 7) is 4.06. The molecule has 0 aliphatic heterocycles. The summed E-state index contributed by atoms with van der Waals surface area (Å²) in [5, 5.41) is 0. The number of hydrogen-bond acceptors (Lipinski definition) is 4. The Morgan fingerprint density at radius 2 is 2.00 bits per heavy atom. The van der Waals surface area contributed by atoms with E-state index in [1.54, 1.807) is 37.1 Å². The van der Waals surface area contributed by atoms with E-state index >= 15 is 0 Å². The third-order valence-electron chi connectivity index (χ3n) is 5.15. The zero-order valence-electron chi connectivity index (χ0n) is 17.6. The first-order valence-electron chi connectivity index (χ1n) is 9.91. The Balaban J connectivity index is 1.87. The molecular weight excluding hydrogens is 415 g/mol. The third kappa shape index (κ3) is 4.35. The van der Waals surface area contributed by atoms with E-state index in [-0.39, 0.29) is 11.4 Å². The van der Waals surface area contributed by atoms with Crippen LogP contribution in [-0.4, -0.2) is 24.4 Å². The van der Waals surface area contributed by atoms with Gasteiger partial charge in [-0.25, -0.2) is 14.1 Å². The third-order valence-corrected chi connectivity index (χ3v) is 6.12. The molecule has 1 unspecified atom stereocenters. The molecule has 4 rings (SSSR count). The van der Waals surface area contributed by atoms with Gasteiger partial charge in [-0.1, -0.05) is 12.1 Å². The minimum absolute atomic E-state index is 0.0496.